The Bertz CT molecular complexity index is 498. The zero-order valence-electron chi connectivity index (χ0n) is 10.9. The van der Waals surface area contributed by atoms with E-state index in [-0.39, 0.29) is 18.7 Å². The summed E-state index contributed by atoms with van der Waals surface area (Å²) in [5.74, 6) is 0. The molecule has 0 heterocycles. The minimum atomic E-state index is -0.0418. The Morgan fingerprint density at radius 3 is 2.21 bits per heavy atom. The largest absolute Gasteiger partial charge is 0.394 e. The zero-order valence-corrected chi connectivity index (χ0v) is 12.5. The fourth-order valence-corrected chi connectivity index (χ4v) is 2.35. The molecule has 0 amide bonds. The van der Waals surface area contributed by atoms with Crippen molar-refractivity contribution in [2.45, 2.75) is 19.0 Å². The van der Waals surface area contributed by atoms with Gasteiger partial charge in [0.1, 0.15) is 0 Å². The van der Waals surface area contributed by atoms with Crippen LogP contribution in [0.1, 0.15) is 30.1 Å². The molecule has 0 fully saturated rings. The van der Waals surface area contributed by atoms with E-state index in [0.29, 0.717) is 0 Å². The number of nitrogens with one attached hydrogen (secondary N) is 1. The van der Waals surface area contributed by atoms with Crippen LogP contribution in [0.5, 0.6) is 0 Å². The number of hydrogen-bond donors (Lipinski definition) is 2. The van der Waals surface area contributed by atoms with Crippen LogP contribution in [-0.2, 0) is 0 Å². The van der Waals surface area contributed by atoms with Gasteiger partial charge in [-0.3, -0.25) is 0 Å². The molecule has 19 heavy (non-hydrogen) atoms. The number of aliphatic hydroxyl groups is 1. The second-order valence-corrected chi connectivity index (χ2v) is 5.50. The average molecular weight is 320 g/mol. The fourth-order valence-electron chi connectivity index (χ4n) is 2.09. The number of hydrogen-bond acceptors (Lipinski definition) is 2. The van der Waals surface area contributed by atoms with Crippen molar-refractivity contribution < 1.29 is 5.11 Å². The van der Waals surface area contributed by atoms with Crippen molar-refractivity contribution in [2.24, 2.45) is 0 Å². The molecule has 0 saturated carbocycles. The first kappa shape index (κ1) is 14.3. The standard InChI is InChI=1S/C16H18BrNO/c1-12(13-7-9-15(17)10-8-13)18-16(11-19)14-5-3-2-4-6-14/h2-10,12,16,18-19H,11H2,1H3. The van der Waals surface area contributed by atoms with Crippen LogP contribution in [0, 0.1) is 0 Å². The highest BCUT2D eigenvalue weighted by Gasteiger charge is 2.14. The van der Waals surface area contributed by atoms with E-state index < -0.39 is 0 Å². The number of benzene rings is 2. The van der Waals surface area contributed by atoms with E-state index in [1.807, 2.05) is 42.5 Å². The number of aliphatic hydroxyl groups excluding tert-OH is 1. The molecule has 3 heteroatoms. The van der Waals surface area contributed by atoms with Gasteiger partial charge in [-0.25, -0.2) is 0 Å². The van der Waals surface area contributed by atoms with Crippen molar-refractivity contribution in [2.75, 3.05) is 6.61 Å². The van der Waals surface area contributed by atoms with Crippen LogP contribution in [0.4, 0.5) is 0 Å². The normalized spacial score (nSPS) is 14.1. The van der Waals surface area contributed by atoms with Crippen LogP contribution in [0.2, 0.25) is 0 Å². The first-order valence-corrected chi connectivity index (χ1v) is 7.17. The predicted molar refractivity (Wildman–Crippen MR) is 82.0 cm³/mol. The highest BCUT2D eigenvalue weighted by Crippen LogP contribution is 2.21. The van der Waals surface area contributed by atoms with Crippen LogP contribution in [0.25, 0.3) is 0 Å². The van der Waals surface area contributed by atoms with Crippen molar-refractivity contribution in [3.63, 3.8) is 0 Å². The molecule has 2 nitrogen and oxygen atoms in total. The van der Waals surface area contributed by atoms with E-state index in [0.717, 1.165) is 10.0 Å². The van der Waals surface area contributed by atoms with E-state index in [2.05, 4.69) is 40.3 Å². The molecule has 100 valence electrons. The van der Waals surface area contributed by atoms with Crippen molar-refractivity contribution in [1.82, 2.24) is 5.32 Å². The Morgan fingerprint density at radius 1 is 1.00 bits per heavy atom. The van der Waals surface area contributed by atoms with Gasteiger partial charge in [0.05, 0.1) is 12.6 Å². The van der Waals surface area contributed by atoms with Crippen LogP contribution in [-0.4, -0.2) is 11.7 Å². The lowest BCUT2D eigenvalue weighted by Crippen LogP contribution is -2.27. The van der Waals surface area contributed by atoms with Gasteiger partial charge in [0.2, 0.25) is 0 Å². The topological polar surface area (TPSA) is 32.3 Å². The molecular weight excluding hydrogens is 302 g/mol. The molecule has 2 aromatic rings. The SMILES string of the molecule is CC(NC(CO)c1ccccc1)c1ccc(Br)cc1. The van der Waals surface area contributed by atoms with Crippen LogP contribution in [0.3, 0.4) is 0 Å². The van der Waals surface area contributed by atoms with Crippen molar-refractivity contribution in [1.29, 1.82) is 0 Å². The zero-order chi connectivity index (χ0) is 13.7. The minimum Gasteiger partial charge on any atom is -0.394 e. The smallest absolute Gasteiger partial charge is 0.0626 e. The minimum absolute atomic E-state index is 0.0418. The third-order valence-electron chi connectivity index (χ3n) is 3.21. The molecule has 0 spiro atoms. The van der Waals surface area contributed by atoms with Crippen LogP contribution < -0.4 is 5.32 Å². The molecule has 0 aliphatic rings. The van der Waals surface area contributed by atoms with Gasteiger partial charge in [0.25, 0.3) is 0 Å². The quantitative estimate of drug-likeness (QED) is 0.877. The van der Waals surface area contributed by atoms with Gasteiger partial charge in [-0.15, -0.1) is 0 Å². The summed E-state index contributed by atoms with van der Waals surface area (Å²) >= 11 is 3.44. The van der Waals surface area contributed by atoms with Gasteiger partial charge in [0.15, 0.2) is 0 Å². The van der Waals surface area contributed by atoms with E-state index in [9.17, 15) is 5.11 Å². The van der Waals surface area contributed by atoms with Crippen LogP contribution in [0.15, 0.2) is 59.1 Å². The monoisotopic (exact) mass is 319 g/mol. The second-order valence-electron chi connectivity index (χ2n) is 4.59. The molecule has 2 rings (SSSR count). The van der Waals surface area contributed by atoms with Crippen molar-refractivity contribution in [3.05, 3.63) is 70.2 Å². The van der Waals surface area contributed by atoms with E-state index >= 15 is 0 Å². The molecule has 0 saturated heterocycles. The van der Waals surface area contributed by atoms with Gasteiger partial charge in [0, 0.05) is 10.5 Å². The Labute approximate surface area is 122 Å². The summed E-state index contributed by atoms with van der Waals surface area (Å²) in [6.07, 6.45) is 0. The van der Waals surface area contributed by atoms with E-state index in [1.165, 1.54) is 5.56 Å². The maximum atomic E-state index is 9.55. The summed E-state index contributed by atoms with van der Waals surface area (Å²) < 4.78 is 1.07. The molecular formula is C16H18BrNO. The molecule has 0 aliphatic carbocycles. The summed E-state index contributed by atoms with van der Waals surface area (Å²) in [5, 5.41) is 13.0. The van der Waals surface area contributed by atoms with Gasteiger partial charge in [-0.2, -0.15) is 0 Å². The summed E-state index contributed by atoms with van der Waals surface area (Å²) in [6.45, 7) is 2.19. The van der Waals surface area contributed by atoms with E-state index in [4.69, 9.17) is 0 Å². The maximum Gasteiger partial charge on any atom is 0.0626 e. The van der Waals surface area contributed by atoms with Gasteiger partial charge < -0.3 is 10.4 Å². The molecule has 2 aromatic carbocycles. The number of halogens is 1. The molecule has 2 atom stereocenters. The fraction of sp³-hybridized carbons (Fsp3) is 0.250. The molecule has 2 N–H and O–H groups in total. The summed E-state index contributed by atoms with van der Waals surface area (Å²) in [7, 11) is 0. The third kappa shape index (κ3) is 3.90. The summed E-state index contributed by atoms with van der Waals surface area (Å²) in [5.41, 5.74) is 2.31. The molecule has 0 aliphatic heterocycles. The Balaban J connectivity index is 2.08. The van der Waals surface area contributed by atoms with Crippen molar-refractivity contribution in [3.8, 4) is 0 Å². The van der Waals surface area contributed by atoms with Crippen molar-refractivity contribution >= 4 is 15.9 Å². The van der Waals surface area contributed by atoms with E-state index in [1.54, 1.807) is 0 Å². The van der Waals surface area contributed by atoms with Gasteiger partial charge in [-0.05, 0) is 30.2 Å². The molecule has 0 bridgehead atoms. The Kier molecular flexibility index (Phi) is 5.14. The molecule has 2 unspecified atom stereocenters. The summed E-state index contributed by atoms with van der Waals surface area (Å²) in [4.78, 5) is 0. The predicted octanol–water partition coefficient (Wildman–Crippen LogP) is 3.83. The number of rotatable bonds is 5. The van der Waals surface area contributed by atoms with Crippen LogP contribution >= 0.6 is 15.9 Å². The molecule has 0 radical (unpaired) electrons. The highest BCUT2D eigenvalue weighted by atomic mass is 79.9. The maximum absolute atomic E-state index is 9.55. The highest BCUT2D eigenvalue weighted by molar-refractivity contribution is 9.10. The Morgan fingerprint density at radius 2 is 1.63 bits per heavy atom. The lowest BCUT2D eigenvalue weighted by Gasteiger charge is -2.22. The third-order valence-corrected chi connectivity index (χ3v) is 3.73. The van der Waals surface area contributed by atoms with Gasteiger partial charge >= 0.3 is 0 Å². The lowest BCUT2D eigenvalue weighted by molar-refractivity contribution is 0.235. The lowest BCUT2D eigenvalue weighted by atomic mass is 10.0. The summed E-state index contributed by atoms with van der Waals surface area (Å²) in [6, 6.07) is 18.4. The Hall–Kier alpha value is -1.16. The first-order chi connectivity index (χ1) is 9.20. The average Bonchev–Trinajstić information content (AvgIpc) is 2.46. The molecule has 0 aromatic heterocycles. The van der Waals surface area contributed by atoms with Gasteiger partial charge in [-0.1, -0.05) is 58.4 Å². The second kappa shape index (κ2) is 6.85. The first-order valence-electron chi connectivity index (χ1n) is 6.38.